The third-order valence-electron chi connectivity index (χ3n) is 3.91. The van der Waals surface area contributed by atoms with Gasteiger partial charge in [-0.3, -0.25) is 4.79 Å². The quantitative estimate of drug-likeness (QED) is 0.506. The fourth-order valence-electron chi connectivity index (χ4n) is 2.67. The Morgan fingerprint density at radius 3 is 2.57 bits per heavy atom. The van der Waals surface area contributed by atoms with E-state index in [2.05, 4.69) is 5.16 Å². The summed E-state index contributed by atoms with van der Waals surface area (Å²) in [5.74, 6) is 0.700. The van der Waals surface area contributed by atoms with Crippen LogP contribution in [-0.4, -0.2) is 47.0 Å². The average molecular weight is 292 g/mol. The number of methoxy groups -OCH3 is 1. The van der Waals surface area contributed by atoms with Crippen molar-refractivity contribution in [3.05, 3.63) is 23.8 Å². The molecule has 6 nitrogen and oxygen atoms in total. The number of carbonyl (C=O) groups excluding carboxylic acids is 1. The van der Waals surface area contributed by atoms with Crippen LogP contribution in [0.2, 0.25) is 0 Å². The zero-order valence-corrected chi connectivity index (χ0v) is 12.2. The number of oxime groups is 1. The maximum Gasteiger partial charge on any atom is 0.219 e. The summed E-state index contributed by atoms with van der Waals surface area (Å²) in [6, 6.07) is 4.82. The van der Waals surface area contributed by atoms with Crippen LogP contribution in [0.5, 0.6) is 11.5 Å². The molecule has 0 aromatic heterocycles. The summed E-state index contributed by atoms with van der Waals surface area (Å²) in [5, 5.41) is 22.7. The van der Waals surface area contributed by atoms with Crippen molar-refractivity contribution in [2.75, 3.05) is 20.2 Å². The highest BCUT2D eigenvalue weighted by atomic mass is 16.5. The van der Waals surface area contributed by atoms with Crippen LogP contribution in [0, 0.1) is 5.92 Å². The van der Waals surface area contributed by atoms with Gasteiger partial charge in [0.2, 0.25) is 5.91 Å². The predicted molar refractivity (Wildman–Crippen MR) is 78.0 cm³/mol. The molecule has 0 spiro atoms. The summed E-state index contributed by atoms with van der Waals surface area (Å²) in [6.45, 7) is 2.81. The number of phenols is 1. The second-order valence-corrected chi connectivity index (χ2v) is 5.15. The van der Waals surface area contributed by atoms with E-state index in [0.717, 1.165) is 0 Å². The number of likely N-dealkylation sites (tertiary alicyclic amines) is 1. The smallest absolute Gasteiger partial charge is 0.219 e. The van der Waals surface area contributed by atoms with Gasteiger partial charge in [-0.1, -0.05) is 5.16 Å². The lowest BCUT2D eigenvalue weighted by molar-refractivity contribution is -0.129. The van der Waals surface area contributed by atoms with E-state index in [0.29, 0.717) is 43.0 Å². The molecule has 1 aliphatic heterocycles. The normalized spacial score (nSPS) is 16.9. The molecule has 0 radical (unpaired) electrons. The van der Waals surface area contributed by atoms with Crippen molar-refractivity contribution in [1.29, 1.82) is 0 Å². The Morgan fingerprint density at radius 2 is 2.05 bits per heavy atom. The number of nitrogens with zero attached hydrogens (tertiary/aromatic N) is 2. The van der Waals surface area contributed by atoms with Crippen molar-refractivity contribution in [2.45, 2.75) is 19.8 Å². The largest absolute Gasteiger partial charge is 0.507 e. The van der Waals surface area contributed by atoms with Gasteiger partial charge < -0.3 is 20.0 Å². The summed E-state index contributed by atoms with van der Waals surface area (Å²) >= 11 is 0. The van der Waals surface area contributed by atoms with Crippen molar-refractivity contribution in [1.82, 2.24) is 4.90 Å². The number of hydrogen-bond acceptors (Lipinski definition) is 5. The second kappa shape index (κ2) is 6.47. The van der Waals surface area contributed by atoms with Crippen LogP contribution in [0.4, 0.5) is 0 Å². The van der Waals surface area contributed by atoms with E-state index in [9.17, 15) is 15.1 Å². The monoisotopic (exact) mass is 292 g/mol. The van der Waals surface area contributed by atoms with Gasteiger partial charge in [0.15, 0.2) is 0 Å². The molecule has 1 fully saturated rings. The first-order valence-electron chi connectivity index (χ1n) is 6.91. The highest BCUT2D eigenvalue weighted by molar-refractivity contribution is 6.04. The van der Waals surface area contributed by atoms with Gasteiger partial charge >= 0.3 is 0 Å². The Bertz CT molecular complexity index is 549. The Labute approximate surface area is 123 Å². The molecule has 2 rings (SSSR count). The number of rotatable bonds is 3. The molecule has 0 atom stereocenters. The summed E-state index contributed by atoms with van der Waals surface area (Å²) in [5.41, 5.74) is 0.910. The zero-order valence-electron chi connectivity index (χ0n) is 12.2. The zero-order chi connectivity index (χ0) is 15.4. The molecule has 1 amide bonds. The molecule has 1 aromatic rings. The highest BCUT2D eigenvalue weighted by Gasteiger charge is 2.27. The molecule has 1 aliphatic rings. The molecule has 0 aliphatic carbocycles. The minimum atomic E-state index is 0.00334. The number of amides is 1. The number of hydrogen-bond donors (Lipinski definition) is 2. The molecule has 2 N–H and O–H groups in total. The fraction of sp³-hybridized carbons (Fsp3) is 0.467. The van der Waals surface area contributed by atoms with Gasteiger partial charge in [0, 0.05) is 31.5 Å². The van der Waals surface area contributed by atoms with Gasteiger partial charge in [-0.2, -0.15) is 0 Å². The minimum absolute atomic E-state index is 0.00334. The van der Waals surface area contributed by atoms with Crippen molar-refractivity contribution < 1.29 is 19.8 Å². The third kappa shape index (κ3) is 3.26. The van der Waals surface area contributed by atoms with Crippen molar-refractivity contribution >= 4 is 11.6 Å². The predicted octanol–water partition coefficient (Wildman–Crippen LogP) is 1.84. The summed E-state index contributed by atoms with van der Waals surface area (Å²) < 4.78 is 5.14. The number of phenolic OH excluding ortho intramolecular Hbond substituents is 1. The van der Waals surface area contributed by atoms with Gasteiger partial charge in [0.05, 0.1) is 12.8 Å². The third-order valence-corrected chi connectivity index (χ3v) is 3.91. The summed E-state index contributed by atoms with van der Waals surface area (Å²) in [7, 11) is 1.54. The fourth-order valence-corrected chi connectivity index (χ4v) is 2.67. The van der Waals surface area contributed by atoms with Gasteiger partial charge in [-0.15, -0.1) is 0 Å². The van der Waals surface area contributed by atoms with Gasteiger partial charge in [-0.25, -0.2) is 0 Å². The molecule has 6 heteroatoms. The first-order valence-corrected chi connectivity index (χ1v) is 6.91. The van der Waals surface area contributed by atoms with Crippen LogP contribution in [0.3, 0.4) is 0 Å². The number of ether oxygens (including phenoxy) is 1. The van der Waals surface area contributed by atoms with E-state index < -0.39 is 0 Å². The molecular formula is C15H20N2O4. The molecule has 1 saturated heterocycles. The van der Waals surface area contributed by atoms with E-state index in [-0.39, 0.29) is 17.6 Å². The van der Waals surface area contributed by atoms with Crippen LogP contribution >= 0.6 is 0 Å². The SMILES string of the molecule is COc1ccc(O)c(C(=NO)C2CCN(C(C)=O)CC2)c1. The summed E-state index contributed by atoms with van der Waals surface area (Å²) in [4.78, 5) is 13.1. The number of aromatic hydroxyl groups is 1. The molecule has 1 aromatic carbocycles. The van der Waals surface area contributed by atoms with Crippen LogP contribution in [-0.2, 0) is 4.79 Å². The highest BCUT2D eigenvalue weighted by Crippen LogP contribution is 2.29. The van der Waals surface area contributed by atoms with E-state index in [1.165, 1.54) is 13.2 Å². The number of piperidine rings is 1. The molecular weight excluding hydrogens is 272 g/mol. The molecule has 114 valence electrons. The van der Waals surface area contributed by atoms with E-state index >= 15 is 0 Å². The molecule has 0 saturated carbocycles. The Balaban J connectivity index is 2.20. The van der Waals surface area contributed by atoms with Crippen LogP contribution < -0.4 is 4.74 Å². The molecule has 1 heterocycles. The van der Waals surface area contributed by atoms with Crippen LogP contribution in [0.25, 0.3) is 0 Å². The Hall–Kier alpha value is -2.24. The first-order chi connectivity index (χ1) is 10.1. The number of carbonyl (C=O) groups is 1. The average Bonchev–Trinajstić information content (AvgIpc) is 2.50. The van der Waals surface area contributed by atoms with Gasteiger partial charge in [0.25, 0.3) is 0 Å². The molecule has 0 unspecified atom stereocenters. The van der Waals surface area contributed by atoms with Crippen LogP contribution in [0.1, 0.15) is 25.3 Å². The molecule has 0 bridgehead atoms. The van der Waals surface area contributed by atoms with Gasteiger partial charge in [0.1, 0.15) is 11.5 Å². The maximum atomic E-state index is 11.3. The minimum Gasteiger partial charge on any atom is -0.507 e. The standard InChI is InChI=1S/C15H20N2O4/c1-10(18)17-7-5-11(6-8-17)15(16-20)13-9-12(21-2)3-4-14(13)19/h3-4,9,11,19-20H,5-8H2,1-2H3. The molecule has 21 heavy (non-hydrogen) atoms. The second-order valence-electron chi connectivity index (χ2n) is 5.15. The Kier molecular flexibility index (Phi) is 4.67. The van der Waals surface area contributed by atoms with Crippen LogP contribution in [0.15, 0.2) is 23.4 Å². The van der Waals surface area contributed by atoms with Crippen molar-refractivity contribution in [3.63, 3.8) is 0 Å². The lowest BCUT2D eigenvalue weighted by Gasteiger charge is -2.31. The first kappa shape index (κ1) is 15.2. The lowest BCUT2D eigenvalue weighted by Crippen LogP contribution is -2.39. The summed E-state index contributed by atoms with van der Waals surface area (Å²) in [6.07, 6.45) is 1.41. The van der Waals surface area contributed by atoms with Crippen molar-refractivity contribution in [2.24, 2.45) is 11.1 Å². The van der Waals surface area contributed by atoms with E-state index in [1.54, 1.807) is 24.0 Å². The van der Waals surface area contributed by atoms with E-state index in [1.807, 2.05) is 0 Å². The van der Waals surface area contributed by atoms with Crippen molar-refractivity contribution in [3.8, 4) is 11.5 Å². The van der Waals surface area contributed by atoms with E-state index in [4.69, 9.17) is 4.74 Å². The van der Waals surface area contributed by atoms with Gasteiger partial charge in [-0.05, 0) is 31.0 Å². The topological polar surface area (TPSA) is 82.4 Å². The maximum absolute atomic E-state index is 11.3. The lowest BCUT2D eigenvalue weighted by atomic mass is 9.87. The Morgan fingerprint density at radius 1 is 1.38 bits per heavy atom. The number of benzene rings is 1.